The minimum atomic E-state index is -0.481. The van der Waals surface area contributed by atoms with E-state index >= 15 is 0 Å². The average Bonchev–Trinajstić information content (AvgIpc) is 2.64. The summed E-state index contributed by atoms with van der Waals surface area (Å²) in [6, 6.07) is 7.62. The average molecular weight is 360 g/mol. The van der Waals surface area contributed by atoms with Crippen LogP contribution in [-0.4, -0.2) is 32.0 Å². The van der Waals surface area contributed by atoms with E-state index in [1.54, 1.807) is 0 Å². The molecule has 1 aromatic rings. The van der Waals surface area contributed by atoms with E-state index in [0.717, 1.165) is 36.9 Å². The van der Waals surface area contributed by atoms with Crippen LogP contribution in [0.1, 0.15) is 51.5 Å². The highest BCUT2D eigenvalue weighted by Gasteiger charge is 2.28. The lowest BCUT2D eigenvalue weighted by molar-refractivity contribution is -0.132. The van der Waals surface area contributed by atoms with Gasteiger partial charge in [0.1, 0.15) is 6.04 Å². The van der Waals surface area contributed by atoms with Crippen LogP contribution in [0, 0.1) is 11.8 Å². The van der Waals surface area contributed by atoms with Crippen molar-refractivity contribution in [3.8, 4) is 0 Å². The molecule has 2 N–H and O–H groups in total. The van der Waals surface area contributed by atoms with Crippen LogP contribution in [0.2, 0.25) is 0 Å². The highest BCUT2D eigenvalue weighted by atomic mass is 16.2. The first-order valence-electron chi connectivity index (χ1n) is 9.73. The number of nitrogens with one attached hydrogen (secondary N) is 2. The Morgan fingerprint density at radius 3 is 2.23 bits per heavy atom. The minimum Gasteiger partial charge on any atom is -0.378 e. The van der Waals surface area contributed by atoms with Gasteiger partial charge in [-0.15, -0.1) is 0 Å². The van der Waals surface area contributed by atoms with Crippen LogP contribution >= 0.6 is 0 Å². The van der Waals surface area contributed by atoms with Crippen LogP contribution in [-0.2, 0) is 16.1 Å². The lowest BCUT2D eigenvalue weighted by atomic mass is 9.88. The molecular formula is C21H33N3O2. The molecule has 0 heterocycles. The molecule has 1 aliphatic rings. The zero-order valence-electron chi connectivity index (χ0n) is 16.5. The van der Waals surface area contributed by atoms with Crippen LogP contribution < -0.4 is 15.5 Å². The first-order chi connectivity index (χ1) is 12.4. The number of hydrogen-bond acceptors (Lipinski definition) is 3. The highest BCUT2D eigenvalue weighted by molar-refractivity contribution is 5.88. The number of rotatable bonds is 7. The van der Waals surface area contributed by atoms with Crippen molar-refractivity contribution in [2.45, 2.75) is 58.5 Å². The number of benzene rings is 1. The maximum absolute atomic E-state index is 12.6. The van der Waals surface area contributed by atoms with Gasteiger partial charge in [-0.3, -0.25) is 9.59 Å². The SMILES string of the molecule is CC(C)[C@@H](NC(=O)C1CCCCC1)C(=O)NCc1ccc(N(C)C)cc1. The van der Waals surface area contributed by atoms with Crippen LogP contribution in [0.3, 0.4) is 0 Å². The van der Waals surface area contributed by atoms with E-state index in [4.69, 9.17) is 0 Å². The fourth-order valence-corrected chi connectivity index (χ4v) is 3.38. The van der Waals surface area contributed by atoms with Crippen molar-refractivity contribution in [3.63, 3.8) is 0 Å². The van der Waals surface area contributed by atoms with Crippen molar-refractivity contribution < 1.29 is 9.59 Å². The summed E-state index contributed by atoms with van der Waals surface area (Å²) in [6.07, 6.45) is 5.32. The van der Waals surface area contributed by atoms with Crippen molar-refractivity contribution in [1.29, 1.82) is 0 Å². The van der Waals surface area contributed by atoms with Crippen LogP contribution in [0.15, 0.2) is 24.3 Å². The minimum absolute atomic E-state index is 0.0360. The smallest absolute Gasteiger partial charge is 0.243 e. The van der Waals surface area contributed by atoms with Gasteiger partial charge in [0, 0.05) is 32.2 Å². The molecule has 0 bridgehead atoms. The van der Waals surface area contributed by atoms with Crippen LogP contribution in [0.4, 0.5) is 5.69 Å². The van der Waals surface area contributed by atoms with Gasteiger partial charge in [0.25, 0.3) is 0 Å². The number of carbonyl (C=O) groups excluding carboxylic acids is 2. The molecule has 144 valence electrons. The largest absolute Gasteiger partial charge is 0.378 e. The summed E-state index contributed by atoms with van der Waals surface area (Å²) in [5.41, 5.74) is 2.17. The Bertz CT molecular complexity index is 590. The van der Waals surface area contributed by atoms with Gasteiger partial charge in [-0.05, 0) is 36.5 Å². The third-order valence-electron chi connectivity index (χ3n) is 5.14. The monoisotopic (exact) mass is 359 g/mol. The van der Waals surface area contributed by atoms with E-state index in [0.29, 0.717) is 6.54 Å². The lowest BCUT2D eigenvalue weighted by Gasteiger charge is -2.26. The number of nitrogens with zero attached hydrogens (tertiary/aromatic N) is 1. The third kappa shape index (κ3) is 5.75. The second-order valence-corrected chi connectivity index (χ2v) is 7.84. The Labute approximate surface area is 157 Å². The van der Waals surface area contributed by atoms with E-state index in [2.05, 4.69) is 10.6 Å². The first-order valence-corrected chi connectivity index (χ1v) is 9.73. The van der Waals surface area contributed by atoms with E-state index in [1.165, 1.54) is 6.42 Å². The fourth-order valence-electron chi connectivity index (χ4n) is 3.38. The Hall–Kier alpha value is -2.04. The van der Waals surface area contributed by atoms with E-state index in [1.807, 2.05) is 57.1 Å². The van der Waals surface area contributed by atoms with Crippen molar-refractivity contribution in [1.82, 2.24) is 10.6 Å². The predicted molar refractivity (Wildman–Crippen MR) is 106 cm³/mol. The van der Waals surface area contributed by atoms with Crippen LogP contribution in [0.5, 0.6) is 0 Å². The van der Waals surface area contributed by atoms with E-state index in [9.17, 15) is 9.59 Å². The molecule has 1 saturated carbocycles. The molecule has 5 nitrogen and oxygen atoms in total. The van der Waals surface area contributed by atoms with Crippen molar-refractivity contribution in [2.24, 2.45) is 11.8 Å². The molecule has 0 aliphatic heterocycles. The van der Waals surface area contributed by atoms with Gasteiger partial charge in [-0.1, -0.05) is 45.2 Å². The summed E-state index contributed by atoms with van der Waals surface area (Å²) in [5, 5.41) is 5.96. The van der Waals surface area contributed by atoms with Gasteiger partial charge < -0.3 is 15.5 Å². The zero-order valence-corrected chi connectivity index (χ0v) is 16.5. The molecule has 2 amide bonds. The van der Waals surface area contributed by atoms with Crippen molar-refractivity contribution in [2.75, 3.05) is 19.0 Å². The maximum Gasteiger partial charge on any atom is 0.243 e. The molecule has 0 radical (unpaired) electrons. The molecule has 1 fully saturated rings. The summed E-state index contributed by atoms with van der Waals surface area (Å²) in [5.74, 6) is 0.0461. The second kappa shape index (κ2) is 9.60. The van der Waals surface area contributed by atoms with E-state index < -0.39 is 6.04 Å². The topological polar surface area (TPSA) is 61.4 Å². The van der Waals surface area contributed by atoms with Crippen molar-refractivity contribution in [3.05, 3.63) is 29.8 Å². The molecule has 1 aliphatic carbocycles. The highest BCUT2D eigenvalue weighted by Crippen LogP contribution is 2.24. The summed E-state index contributed by atoms with van der Waals surface area (Å²) in [7, 11) is 4.00. The van der Waals surface area contributed by atoms with Crippen molar-refractivity contribution >= 4 is 17.5 Å². The van der Waals surface area contributed by atoms with Gasteiger partial charge in [0.2, 0.25) is 11.8 Å². The molecule has 1 atom stereocenters. The molecule has 0 spiro atoms. The third-order valence-corrected chi connectivity index (χ3v) is 5.14. The molecule has 0 unspecified atom stereocenters. The van der Waals surface area contributed by atoms with E-state index in [-0.39, 0.29) is 23.7 Å². The molecule has 2 rings (SSSR count). The Balaban J connectivity index is 1.89. The normalized spacial score (nSPS) is 16.2. The molecule has 1 aromatic carbocycles. The maximum atomic E-state index is 12.6. The van der Waals surface area contributed by atoms with Crippen LogP contribution in [0.25, 0.3) is 0 Å². The molecule has 0 saturated heterocycles. The number of amides is 2. The lowest BCUT2D eigenvalue weighted by Crippen LogP contribution is -2.51. The molecule has 5 heteroatoms. The summed E-state index contributed by atoms with van der Waals surface area (Å²) in [6.45, 7) is 4.41. The van der Waals surface area contributed by atoms with Gasteiger partial charge >= 0.3 is 0 Å². The summed E-state index contributed by atoms with van der Waals surface area (Å²) < 4.78 is 0. The first kappa shape index (κ1) is 20.3. The predicted octanol–water partition coefficient (Wildman–Crippen LogP) is 3.09. The van der Waals surface area contributed by atoms with Gasteiger partial charge in [-0.2, -0.15) is 0 Å². The molecular weight excluding hydrogens is 326 g/mol. The van der Waals surface area contributed by atoms with Gasteiger partial charge in [0.05, 0.1) is 0 Å². The molecule has 0 aromatic heterocycles. The molecule has 26 heavy (non-hydrogen) atoms. The van der Waals surface area contributed by atoms with Gasteiger partial charge in [-0.25, -0.2) is 0 Å². The Morgan fingerprint density at radius 1 is 1.08 bits per heavy atom. The quantitative estimate of drug-likeness (QED) is 0.786. The standard InChI is InChI=1S/C21H33N3O2/c1-15(2)19(23-20(25)17-8-6-5-7-9-17)21(26)22-14-16-10-12-18(13-11-16)24(3)4/h10-13,15,17,19H,5-9,14H2,1-4H3,(H,22,26)(H,23,25)/t19-/m1/s1. The second-order valence-electron chi connectivity index (χ2n) is 7.84. The number of anilines is 1. The number of carbonyl (C=O) groups is 2. The summed E-state index contributed by atoms with van der Waals surface area (Å²) in [4.78, 5) is 27.2. The summed E-state index contributed by atoms with van der Waals surface area (Å²) >= 11 is 0. The fraction of sp³-hybridized carbons (Fsp3) is 0.619. The number of hydrogen-bond donors (Lipinski definition) is 2. The Morgan fingerprint density at radius 2 is 1.69 bits per heavy atom. The Kier molecular flexibility index (Phi) is 7.49. The van der Waals surface area contributed by atoms with Gasteiger partial charge in [0.15, 0.2) is 0 Å². The zero-order chi connectivity index (χ0) is 19.1.